The molecule has 0 aliphatic heterocycles. The predicted molar refractivity (Wildman–Crippen MR) is 356 cm³/mol. The van der Waals surface area contributed by atoms with Crippen molar-refractivity contribution in [3.05, 3.63) is 0 Å². The molecule has 472 valence electrons. The van der Waals surface area contributed by atoms with Crippen molar-refractivity contribution in [2.75, 3.05) is 85.1 Å². The molecule has 0 saturated carbocycles. The van der Waals surface area contributed by atoms with Crippen molar-refractivity contribution >= 4 is 0 Å². The number of unbranched alkanes of at least 4 members (excludes halogenated alkanes) is 21. The smallest absolute Gasteiger partial charge is 0.00369 e. The van der Waals surface area contributed by atoms with Crippen LogP contribution >= 0.6 is 0 Å². The second-order valence-corrected chi connectivity index (χ2v) is 29.1. The molecule has 0 heterocycles. The fourth-order valence-corrected chi connectivity index (χ4v) is 8.67. The van der Waals surface area contributed by atoms with E-state index in [9.17, 15) is 0 Å². The summed E-state index contributed by atoms with van der Waals surface area (Å²) in [6.07, 6.45) is 46.5. The molecule has 0 atom stereocenters. The van der Waals surface area contributed by atoms with Gasteiger partial charge in [-0.2, -0.15) is 0 Å². The third-order valence-corrected chi connectivity index (χ3v) is 13.7. The van der Waals surface area contributed by atoms with E-state index in [0.717, 1.165) is 65.2 Å². The summed E-state index contributed by atoms with van der Waals surface area (Å²) in [5, 5.41) is 13.9. The highest BCUT2D eigenvalue weighted by Crippen LogP contribution is 2.24. The Hall–Kier alpha value is -0.360. The minimum Gasteiger partial charge on any atom is -0.330 e. The van der Waals surface area contributed by atoms with Crippen molar-refractivity contribution in [2.45, 2.75) is 329 Å². The van der Waals surface area contributed by atoms with Crippen LogP contribution in [0.25, 0.3) is 0 Å². The zero-order valence-corrected chi connectivity index (χ0v) is 56.3. The van der Waals surface area contributed by atoms with E-state index in [2.05, 4.69) is 125 Å². The van der Waals surface area contributed by atoms with Gasteiger partial charge in [0.1, 0.15) is 0 Å². The Morgan fingerprint density at radius 1 is 0.169 bits per heavy atom. The summed E-state index contributed by atoms with van der Waals surface area (Å²) in [4.78, 5) is 0. The Bertz CT molecular complexity index is 1040. The molecule has 77 heavy (non-hydrogen) atoms. The molecule has 14 N–H and O–H groups in total. The lowest BCUT2D eigenvalue weighted by atomic mass is 9.89. The first kappa shape index (κ1) is 85.4. The van der Waals surface area contributed by atoms with E-state index in [1.807, 2.05) is 0 Å². The van der Waals surface area contributed by atoms with E-state index in [0.29, 0.717) is 27.1 Å². The van der Waals surface area contributed by atoms with Gasteiger partial charge in [-0.15, -0.1) is 0 Å². The highest BCUT2D eigenvalue weighted by Gasteiger charge is 2.12. The van der Waals surface area contributed by atoms with Gasteiger partial charge in [0.15, 0.2) is 0 Å². The second-order valence-electron chi connectivity index (χ2n) is 29.1. The summed E-state index contributed by atoms with van der Waals surface area (Å²) >= 11 is 0. The van der Waals surface area contributed by atoms with E-state index < -0.39 is 0 Å². The maximum atomic E-state index is 5.46. The van der Waals surface area contributed by atoms with Gasteiger partial charge in [0.2, 0.25) is 0 Å². The highest BCUT2D eigenvalue weighted by molar-refractivity contribution is 4.66. The first-order chi connectivity index (χ1) is 36.3. The Morgan fingerprint density at radius 3 is 0.532 bits per heavy atom. The summed E-state index contributed by atoms with van der Waals surface area (Å²) < 4.78 is 0. The molecule has 0 radical (unpaired) electrons. The molecule has 0 saturated heterocycles. The van der Waals surface area contributed by atoms with Crippen LogP contribution in [-0.2, 0) is 0 Å². The van der Waals surface area contributed by atoms with Crippen LogP contribution in [0.15, 0.2) is 0 Å². The van der Waals surface area contributed by atoms with Crippen LogP contribution in [-0.4, -0.2) is 85.1 Å². The number of hydrogen-bond donors (Lipinski definition) is 9. The van der Waals surface area contributed by atoms with Gasteiger partial charge in [0, 0.05) is 0 Å². The highest BCUT2D eigenvalue weighted by atomic mass is 14.9. The number of rotatable bonds is 47. The number of hydrogen-bond acceptors (Lipinski definition) is 9. The van der Waals surface area contributed by atoms with E-state index in [-0.39, 0.29) is 0 Å². The monoisotopic (exact) mass is 1100 g/mol. The number of nitrogens with one attached hydrogen (secondary N) is 4. The molecule has 0 aliphatic rings. The minimum atomic E-state index is 0.482. The van der Waals surface area contributed by atoms with Gasteiger partial charge in [0.25, 0.3) is 0 Å². The molecule has 0 unspecified atom stereocenters. The van der Waals surface area contributed by atoms with Gasteiger partial charge < -0.3 is 49.9 Å². The van der Waals surface area contributed by atoms with Gasteiger partial charge in [0.05, 0.1) is 0 Å². The molecular weight excluding hydrogens is 943 g/mol. The summed E-state index contributed by atoms with van der Waals surface area (Å²) in [5.74, 6) is 0. The molecule has 0 aromatic rings. The van der Waals surface area contributed by atoms with Gasteiger partial charge in [-0.3, -0.25) is 0 Å². The SMILES string of the molecule is CC(C)(C)CCCCCCCCCN.CC(C)(C)CCCCCCCCCNCCCCN.CC(C)(C)CCCNCCCCCCCCN.CC(C)(C)CCCNCCCCCCN.CC(C)(C)CCCNCCCN. The molecule has 0 fully saturated rings. The molecular formula is C68H155N9. The lowest BCUT2D eigenvalue weighted by Gasteiger charge is -2.17. The summed E-state index contributed by atoms with van der Waals surface area (Å²) in [6.45, 7) is 48.2. The Labute approximate surface area is 488 Å². The quantitative estimate of drug-likeness (QED) is 0.0268. The Balaban J connectivity index is -0.000000283. The maximum absolute atomic E-state index is 5.46. The first-order valence-electron chi connectivity index (χ1n) is 33.6. The fraction of sp³-hybridized carbons (Fsp3) is 1.00. The van der Waals surface area contributed by atoms with Gasteiger partial charge in [-0.1, -0.05) is 219 Å². The number of nitrogens with two attached hydrogens (primary N) is 5. The zero-order valence-electron chi connectivity index (χ0n) is 56.3. The van der Waals surface area contributed by atoms with Crippen LogP contribution in [0.2, 0.25) is 0 Å². The zero-order chi connectivity index (χ0) is 59.3. The van der Waals surface area contributed by atoms with Crippen LogP contribution in [0.5, 0.6) is 0 Å². The van der Waals surface area contributed by atoms with Crippen LogP contribution < -0.4 is 49.9 Å². The fourth-order valence-electron chi connectivity index (χ4n) is 8.67. The van der Waals surface area contributed by atoms with E-state index >= 15 is 0 Å². The molecule has 0 aliphatic carbocycles. The van der Waals surface area contributed by atoms with Crippen LogP contribution in [0.4, 0.5) is 0 Å². The van der Waals surface area contributed by atoms with Crippen molar-refractivity contribution in [3.8, 4) is 0 Å². The normalized spacial score (nSPS) is 12.0. The third kappa shape index (κ3) is 108. The van der Waals surface area contributed by atoms with Crippen molar-refractivity contribution < 1.29 is 0 Å². The van der Waals surface area contributed by atoms with Crippen molar-refractivity contribution in [1.82, 2.24) is 21.3 Å². The minimum absolute atomic E-state index is 0.482. The Morgan fingerprint density at radius 2 is 0.312 bits per heavy atom. The van der Waals surface area contributed by atoms with Crippen molar-refractivity contribution in [2.24, 2.45) is 55.7 Å². The molecule has 0 aromatic carbocycles. The standard InChI is InChI=1S/C17H38N2.C15H34N2.C13H30N2.C13H29N.C10H24N2/c1-17(2,3)13-9-7-5-4-6-8-11-15-19-16-12-10-14-18;1-15(2,3)11-10-14-17-13-9-7-5-4-6-8-12-16;1-13(2,3)9-8-12-15-11-7-5-4-6-10-14;1-13(2,3)11-9-7-5-4-6-8-10-12-14;1-10(2,3)6-4-8-12-9-5-7-11/h19H,4-16,18H2,1-3H3;17H,4-14,16H2,1-3H3;15H,4-12,14H2,1-3H3;4-12,14H2,1-3H3;12H,4-9,11H2,1-3H3. The first-order valence-corrected chi connectivity index (χ1v) is 33.6. The summed E-state index contributed by atoms with van der Waals surface area (Å²) in [6, 6.07) is 0. The predicted octanol–water partition coefficient (Wildman–Crippen LogP) is 17.0. The van der Waals surface area contributed by atoms with Gasteiger partial charge in [-0.05, 0) is 221 Å². The van der Waals surface area contributed by atoms with E-state index in [1.54, 1.807) is 0 Å². The second kappa shape index (κ2) is 63.2. The molecule has 9 nitrogen and oxygen atoms in total. The molecule has 0 spiro atoms. The van der Waals surface area contributed by atoms with Crippen molar-refractivity contribution in [3.63, 3.8) is 0 Å². The maximum Gasteiger partial charge on any atom is -0.00369 e. The molecule has 9 heteroatoms. The average Bonchev–Trinajstić information content (AvgIpc) is 3.33. The van der Waals surface area contributed by atoms with Gasteiger partial charge >= 0.3 is 0 Å². The van der Waals surface area contributed by atoms with E-state index in [4.69, 9.17) is 28.7 Å². The summed E-state index contributed by atoms with van der Waals surface area (Å²) in [7, 11) is 0. The third-order valence-electron chi connectivity index (χ3n) is 13.7. The largest absolute Gasteiger partial charge is 0.330 e. The molecule has 0 bridgehead atoms. The topological polar surface area (TPSA) is 178 Å². The lowest BCUT2D eigenvalue weighted by molar-refractivity contribution is 0.356. The molecule has 0 aromatic heterocycles. The van der Waals surface area contributed by atoms with Crippen LogP contribution in [0.3, 0.4) is 0 Å². The lowest BCUT2D eigenvalue weighted by Crippen LogP contribution is -2.20. The molecule has 0 amide bonds. The van der Waals surface area contributed by atoms with Crippen molar-refractivity contribution in [1.29, 1.82) is 0 Å². The van der Waals surface area contributed by atoms with Crippen LogP contribution in [0.1, 0.15) is 329 Å². The summed E-state index contributed by atoms with van der Waals surface area (Å²) in [5.41, 5.74) is 29.7. The average molecular weight is 1100 g/mol. The molecule has 0 rings (SSSR count). The van der Waals surface area contributed by atoms with Gasteiger partial charge in [-0.25, -0.2) is 0 Å². The Kier molecular flexibility index (Phi) is 70.2. The van der Waals surface area contributed by atoms with Crippen LogP contribution in [0, 0.1) is 27.1 Å². The van der Waals surface area contributed by atoms with E-state index in [1.165, 1.54) is 245 Å².